The monoisotopic (exact) mass is 295 g/mol. The van der Waals surface area contributed by atoms with Gasteiger partial charge >= 0.3 is 0 Å². The van der Waals surface area contributed by atoms with E-state index in [2.05, 4.69) is 10.6 Å². The number of para-hydroxylation sites is 2. The van der Waals surface area contributed by atoms with Crippen molar-refractivity contribution >= 4 is 17.3 Å². The molecule has 0 bridgehead atoms. The summed E-state index contributed by atoms with van der Waals surface area (Å²) < 4.78 is 0. The molecule has 110 valence electrons. The largest absolute Gasteiger partial charge is 0.508 e. The summed E-state index contributed by atoms with van der Waals surface area (Å²) in [4.78, 5) is 12.0. The maximum absolute atomic E-state index is 12.0. The fraction of sp³-hybridized carbons (Fsp3) is 0. The SMILES string of the molecule is N#C/C(=C/Nc1ccccc1O)C(=O)Nc1ccc(O)cc1. The molecule has 0 radical (unpaired) electrons. The van der Waals surface area contributed by atoms with Crippen LogP contribution in [-0.2, 0) is 4.79 Å². The Balaban J connectivity index is 2.09. The number of anilines is 2. The van der Waals surface area contributed by atoms with Gasteiger partial charge in [-0.25, -0.2) is 0 Å². The minimum atomic E-state index is -0.601. The Kier molecular flexibility index (Phi) is 4.63. The second kappa shape index (κ2) is 6.81. The summed E-state index contributed by atoms with van der Waals surface area (Å²) in [6.45, 7) is 0. The van der Waals surface area contributed by atoms with Gasteiger partial charge in [0.25, 0.3) is 5.91 Å². The van der Waals surface area contributed by atoms with Crippen molar-refractivity contribution in [2.75, 3.05) is 10.6 Å². The molecule has 6 heteroatoms. The van der Waals surface area contributed by atoms with Crippen molar-refractivity contribution in [3.8, 4) is 17.6 Å². The van der Waals surface area contributed by atoms with E-state index in [1.54, 1.807) is 24.3 Å². The van der Waals surface area contributed by atoms with Crippen molar-refractivity contribution in [1.29, 1.82) is 5.26 Å². The van der Waals surface area contributed by atoms with E-state index in [0.29, 0.717) is 11.4 Å². The Bertz CT molecular complexity index is 746. The van der Waals surface area contributed by atoms with Crippen LogP contribution in [0.3, 0.4) is 0 Å². The number of nitrogens with zero attached hydrogens (tertiary/aromatic N) is 1. The minimum Gasteiger partial charge on any atom is -0.508 e. The number of phenols is 2. The van der Waals surface area contributed by atoms with Crippen LogP contribution in [0.1, 0.15) is 0 Å². The molecule has 0 fully saturated rings. The zero-order valence-electron chi connectivity index (χ0n) is 11.4. The van der Waals surface area contributed by atoms with Gasteiger partial charge in [-0.1, -0.05) is 12.1 Å². The highest BCUT2D eigenvalue weighted by Gasteiger charge is 2.09. The van der Waals surface area contributed by atoms with Gasteiger partial charge in [0.05, 0.1) is 5.69 Å². The molecule has 2 aromatic carbocycles. The van der Waals surface area contributed by atoms with E-state index in [1.807, 2.05) is 0 Å². The molecule has 4 N–H and O–H groups in total. The molecular formula is C16H13N3O3. The number of carbonyl (C=O) groups is 1. The van der Waals surface area contributed by atoms with Gasteiger partial charge in [0.15, 0.2) is 0 Å². The van der Waals surface area contributed by atoms with Crippen LogP contribution < -0.4 is 10.6 Å². The Morgan fingerprint density at radius 1 is 1.09 bits per heavy atom. The quantitative estimate of drug-likeness (QED) is 0.300. The van der Waals surface area contributed by atoms with Crippen LogP contribution in [0.5, 0.6) is 11.5 Å². The van der Waals surface area contributed by atoms with Gasteiger partial charge in [-0.3, -0.25) is 4.79 Å². The maximum atomic E-state index is 12.0. The number of nitrogens with one attached hydrogen (secondary N) is 2. The van der Waals surface area contributed by atoms with Gasteiger partial charge < -0.3 is 20.8 Å². The lowest BCUT2D eigenvalue weighted by Gasteiger charge is -2.06. The van der Waals surface area contributed by atoms with Crippen molar-refractivity contribution in [2.24, 2.45) is 0 Å². The number of carbonyl (C=O) groups excluding carboxylic acids is 1. The van der Waals surface area contributed by atoms with Crippen LogP contribution in [-0.4, -0.2) is 16.1 Å². The second-order valence-electron chi connectivity index (χ2n) is 4.33. The minimum absolute atomic E-state index is 0.00924. The van der Waals surface area contributed by atoms with E-state index >= 15 is 0 Å². The first-order chi connectivity index (χ1) is 10.6. The summed E-state index contributed by atoms with van der Waals surface area (Å²) in [7, 11) is 0. The summed E-state index contributed by atoms with van der Waals surface area (Å²) in [5.41, 5.74) is 0.676. The summed E-state index contributed by atoms with van der Waals surface area (Å²) in [6.07, 6.45) is 1.21. The Labute approximate surface area is 127 Å². The van der Waals surface area contributed by atoms with Crippen molar-refractivity contribution in [1.82, 2.24) is 0 Å². The predicted octanol–water partition coefficient (Wildman–Crippen LogP) is 2.56. The molecule has 0 saturated carbocycles. The molecule has 0 aromatic heterocycles. The zero-order valence-corrected chi connectivity index (χ0v) is 11.4. The third-order valence-electron chi connectivity index (χ3n) is 2.77. The third-order valence-corrected chi connectivity index (χ3v) is 2.77. The first kappa shape index (κ1) is 14.9. The van der Waals surface area contributed by atoms with E-state index in [-0.39, 0.29) is 17.1 Å². The van der Waals surface area contributed by atoms with Crippen molar-refractivity contribution in [3.05, 3.63) is 60.3 Å². The molecule has 22 heavy (non-hydrogen) atoms. The van der Waals surface area contributed by atoms with Gasteiger partial charge in [-0.2, -0.15) is 5.26 Å². The predicted molar refractivity (Wildman–Crippen MR) is 82.2 cm³/mol. The van der Waals surface area contributed by atoms with Gasteiger partial charge in [-0.05, 0) is 36.4 Å². The first-order valence-electron chi connectivity index (χ1n) is 6.35. The second-order valence-corrected chi connectivity index (χ2v) is 4.33. The van der Waals surface area contributed by atoms with Gasteiger partial charge in [0, 0.05) is 11.9 Å². The highest BCUT2D eigenvalue weighted by molar-refractivity contribution is 6.06. The topological polar surface area (TPSA) is 105 Å². The van der Waals surface area contributed by atoms with Crippen LogP contribution in [0.4, 0.5) is 11.4 Å². The highest BCUT2D eigenvalue weighted by atomic mass is 16.3. The number of rotatable bonds is 4. The number of hydrogen-bond donors (Lipinski definition) is 4. The molecule has 2 rings (SSSR count). The molecule has 0 aliphatic rings. The average Bonchev–Trinajstić information content (AvgIpc) is 2.52. The van der Waals surface area contributed by atoms with Crippen LogP contribution in [0.25, 0.3) is 0 Å². The summed E-state index contributed by atoms with van der Waals surface area (Å²) in [5, 5.41) is 33.0. The van der Waals surface area contributed by atoms with Crippen LogP contribution in [0, 0.1) is 11.3 Å². The lowest BCUT2D eigenvalue weighted by molar-refractivity contribution is -0.112. The molecule has 6 nitrogen and oxygen atoms in total. The standard InChI is InChI=1S/C16H13N3O3/c17-9-11(10-18-14-3-1-2-4-15(14)21)16(22)19-12-5-7-13(20)8-6-12/h1-8,10,18,20-21H,(H,19,22)/b11-10-. The van der Waals surface area contributed by atoms with Crippen LogP contribution in [0.2, 0.25) is 0 Å². The van der Waals surface area contributed by atoms with Crippen LogP contribution in [0.15, 0.2) is 60.3 Å². The molecule has 0 unspecified atom stereocenters. The number of nitriles is 1. The van der Waals surface area contributed by atoms with E-state index < -0.39 is 5.91 Å². The normalized spacial score (nSPS) is 10.6. The third kappa shape index (κ3) is 3.77. The van der Waals surface area contributed by atoms with Crippen molar-refractivity contribution in [3.63, 3.8) is 0 Å². The molecule has 1 amide bonds. The number of phenolic OH excluding ortho intramolecular Hbond substituents is 2. The number of hydrogen-bond acceptors (Lipinski definition) is 5. The zero-order chi connectivity index (χ0) is 15.9. The smallest absolute Gasteiger partial charge is 0.267 e. The lowest BCUT2D eigenvalue weighted by Crippen LogP contribution is -2.14. The van der Waals surface area contributed by atoms with E-state index in [0.717, 1.165) is 0 Å². The summed E-state index contributed by atoms with van der Waals surface area (Å²) >= 11 is 0. The maximum Gasteiger partial charge on any atom is 0.267 e. The number of benzene rings is 2. The molecule has 2 aromatic rings. The van der Waals surface area contributed by atoms with E-state index in [9.17, 15) is 15.0 Å². The van der Waals surface area contributed by atoms with E-state index in [1.165, 1.54) is 36.5 Å². The van der Waals surface area contributed by atoms with Gasteiger partial charge in [0.1, 0.15) is 23.1 Å². The highest BCUT2D eigenvalue weighted by Crippen LogP contribution is 2.21. The van der Waals surface area contributed by atoms with Gasteiger partial charge in [-0.15, -0.1) is 0 Å². The fourth-order valence-electron chi connectivity index (χ4n) is 1.64. The molecule has 0 aliphatic carbocycles. The van der Waals surface area contributed by atoms with E-state index in [4.69, 9.17) is 5.26 Å². The summed E-state index contributed by atoms with van der Waals surface area (Å²) in [6, 6.07) is 14.1. The number of amides is 1. The molecule has 0 spiro atoms. The molecule has 0 heterocycles. The van der Waals surface area contributed by atoms with Crippen molar-refractivity contribution in [2.45, 2.75) is 0 Å². The Hall–Kier alpha value is -3.46. The molecule has 0 saturated heterocycles. The first-order valence-corrected chi connectivity index (χ1v) is 6.35. The number of aromatic hydroxyl groups is 2. The Morgan fingerprint density at radius 3 is 2.41 bits per heavy atom. The molecule has 0 aliphatic heterocycles. The summed E-state index contributed by atoms with van der Waals surface area (Å²) in [5.74, 6) is -0.513. The Morgan fingerprint density at radius 2 is 1.77 bits per heavy atom. The van der Waals surface area contributed by atoms with Crippen LogP contribution >= 0.6 is 0 Å². The fourth-order valence-corrected chi connectivity index (χ4v) is 1.64. The lowest BCUT2D eigenvalue weighted by atomic mass is 10.2. The average molecular weight is 295 g/mol. The molecular weight excluding hydrogens is 282 g/mol. The van der Waals surface area contributed by atoms with Crippen molar-refractivity contribution < 1.29 is 15.0 Å². The van der Waals surface area contributed by atoms with Gasteiger partial charge in [0.2, 0.25) is 0 Å². The molecule has 0 atom stereocenters.